The molecule has 1 aromatic carbocycles. The van der Waals surface area contributed by atoms with E-state index in [0.29, 0.717) is 0 Å². The molecular formula is C20H30Cl2O. The molecule has 0 aromatic heterocycles. The normalized spacial score (nSPS) is 11.2. The summed E-state index contributed by atoms with van der Waals surface area (Å²) in [5, 5.41) is 0. The molecule has 0 radical (unpaired) electrons. The molecular weight excluding hydrogens is 327 g/mol. The van der Waals surface area contributed by atoms with E-state index < -0.39 is 4.84 Å². The van der Waals surface area contributed by atoms with Gasteiger partial charge in [-0.05, 0) is 55.2 Å². The molecule has 0 spiro atoms. The summed E-state index contributed by atoms with van der Waals surface area (Å²) in [6.45, 7) is 6.60. The summed E-state index contributed by atoms with van der Waals surface area (Å²) in [5.41, 5.74) is 4.72. The lowest BCUT2D eigenvalue weighted by molar-refractivity contribution is 0.101. The molecule has 0 saturated heterocycles. The summed E-state index contributed by atoms with van der Waals surface area (Å²) in [6.07, 6.45) is 9.97. The van der Waals surface area contributed by atoms with Crippen LogP contribution in [0, 0.1) is 0 Å². The fourth-order valence-corrected chi connectivity index (χ4v) is 3.23. The fraction of sp³-hybridized carbons (Fsp3) is 0.650. The van der Waals surface area contributed by atoms with E-state index in [1.807, 2.05) is 6.07 Å². The quantitative estimate of drug-likeness (QED) is 0.318. The third-order valence-corrected chi connectivity index (χ3v) is 4.75. The number of carbonyl (C=O) groups is 1. The molecule has 1 rings (SSSR count). The number of ketones is 1. The number of unbranched alkanes of at least 4 members (excludes halogenated alkanes) is 3. The number of hydrogen-bond donors (Lipinski definition) is 0. The molecule has 3 heteroatoms. The summed E-state index contributed by atoms with van der Waals surface area (Å²) in [4.78, 5) is 11.4. The molecule has 0 aliphatic carbocycles. The molecule has 0 saturated carbocycles. The Bertz CT molecular complexity index is 495. The molecule has 0 heterocycles. The van der Waals surface area contributed by atoms with E-state index in [0.717, 1.165) is 50.5 Å². The topological polar surface area (TPSA) is 17.1 Å². The first-order valence-corrected chi connectivity index (χ1v) is 9.89. The molecule has 0 N–H and O–H groups in total. The summed E-state index contributed by atoms with van der Waals surface area (Å²) < 4.78 is 0. The maximum Gasteiger partial charge on any atom is 0.195 e. The van der Waals surface area contributed by atoms with Crippen molar-refractivity contribution in [3.05, 3.63) is 34.4 Å². The van der Waals surface area contributed by atoms with Gasteiger partial charge in [0.1, 0.15) is 0 Å². The number of aryl methyl sites for hydroxylation is 1. The van der Waals surface area contributed by atoms with Crippen LogP contribution in [0.1, 0.15) is 86.3 Å². The first kappa shape index (κ1) is 20.5. The maximum atomic E-state index is 12.4. The fourth-order valence-electron chi connectivity index (χ4n) is 3.00. The average Bonchev–Trinajstić information content (AvgIpc) is 2.55. The monoisotopic (exact) mass is 356 g/mol. The number of benzene rings is 1. The summed E-state index contributed by atoms with van der Waals surface area (Å²) in [7, 11) is 0. The Labute approximate surface area is 151 Å². The molecule has 1 nitrogen and oxygen atoms in total. The minimum Gasteiger partial charge on any atom is -0.291 e. The van der Waals surface area contributed by atoms with E-state index >= 15 is 0 Å². The zero-order chi connectivity index (χ0) is 17.2. The minimum absolute atomic E-state index is 0.153. The number of carbonyl (C=O) groups excluding carboxylic acids is 1. The Morgan fingerprint density at radius 2 is 1.39 bits per heavy atom. The van der Waals surface area contributed by atoms with Crippen molar-refractivity contribution in [2.75, 3.05) is 0 Å². The first-order chi connectivity index (χ1) is 11.1. The van der Waals surface area contributed by atoms with Gasteiger partial charge in [0.05, 0.1) is 0 Å². The van der Waals surface area contributed by atoms with Crippen LogP contribution < -0.4 is 0 Å². The number of Topliss-reactive ketones (excluding diaryl/α,β-unsaturated/α-hetero) is 1. The van der Waals surface area contributed by atoms with Crippen molar-refractivity contribution >= 4 is 29.0 Å². The molecule has 0 aliphatic rings. The van der Waals surface area contributed by atoms with Crippen molar-refractivity contribution in [1.29, 1.82) is 0 Å². The Balaban J connectivity index is 3.32. The molecule has 1 aromatic rings. The van der Waals surface area contributed by atoms with Crippen molar-refractivity contribution in [1.82, 2.24) is 0 Å². The average molecular weight is 357 g/mol. The Hall–Kier alpha value is -0.530. The molecule has 130 valence electrons. The van der Waals surface area contributed by atoms with Crippen LogP contribution in [0.5, 0.6) is 0 Å². The molecule has 0 unspecified atom stereocenters. The number of hydrogen-bond acceptors (Lipinski definition) is 1. The van der Waals surface area contributed by atoms with Crippen molar-refractivity contribution in [3.8, 4) is 0 Å². The van der Waals surface area contributed by atoms with Crippen LogP contribution in [0.2, 0.25) is 0 Å². The second kappa shape index (κ2) is 11.1. The van der Waals surface area contributed by atoms with Crippen molar-refractivity contribution in [2.24, 2.45) is 0 Å². The lowest BCUT2D eigenvalue weighted by atomic mass is 9.86. The Kier molecular flexibility index (Phi) is 9.90. The van der Waals surface area contributed by atoms with Gasteiger partial charge in [0.2, 0.25) is 0 Å². The van der Waals surface area contributed by atoms with Gasteiger partial charge in [-0.2, -0.15) is 0 Å². The van der Waals surface area contributed by atoms with Crippen molar-refractivity contribution in [3.63, 3.8) is 0 Å². The maximum absolute atomic E-state index is 12.4. The molecule has 0 amide bonds. The molecule has 0 aliphatic heterocycles. The minimum atomic E-state index is -0.976. The van der Waals surface area contributed by atoms with Crippen LogP contribution in [0.25, 0.3) is 0 Å². The molecule has 0 bridgehead atoms. The van der Waals surface area contributed by atoms with Gasteiger partial charge in [0.25, 0.3) is 0 Å². The van der Waals surface area contributed by atoms with Gasteiger partial charge in [-0.1, -0.05) is 75.4 Å². The molecule has 23 heavy (non-hydrogen) atoms. The van der Waals surface area contributed by atoms with Gasteiger partial charge in [-0.15, -0.1) is 0 Å². The van der Waals surface area contributed by atoms with Crippen molar-refractivity contribution in [2.45, 2.75) is 83.4 Å². The zero-order valence-corrected chi connectivity index (χ0v) is 16.3. The summed E-state index contributed by atoms with van der Waals surface area (Å²) in [6, 6.07) is 4.07. The summed E-state index contributed by atoms with van der Waals surface area (Å²) in [5.74, 6) is -0.153. The summed E-state index contributed by atoms with van der Waals surface area (Å²) >= 11 is 11.7. The van der Waals surface area contributed by atoms with E-state index in [2.05, 4.69) is 26.8 Å². The highest BCUT2D eigenvalue weighted by molar-refractivity contribution is 6.55. The van der Waals surface area contributed by atoms with Crippen LogP contribution in [0.4, 0.5) is 0 Å². The van der Waals surface area contributed by atoms with Gasteiger partial charge in [0.15, 0.2) is 10.6 Å². The zero-order valence-electron chi connectivity index (χ0n) is 14.8. The third kappa shape index (κ3) is 6.12. The van der Waals surface area contributed by atoms with E-state index in [1.165, 1.54) is 29.5 Å². The SMILES string of the molecule is CCCCc1ccc(C(=O)C(Cl)Cl)c(CCCC)c1CCCC. The van der Waals surface area contributed by atoms with Gasteiger partial charge in [-0.25, -0.2) is 0 Å². The Morgan fingerprint density at radius 3 is 1.91 bits per heavy atom. The molecule has 0 atom stereocenters. The lowest BCUT2D eigenvalue weighted by Gasteiger charge is -2.19. The highest BCUT2D eigenvalue weighted by Gasteiger charge is 2.21. The van der Waals surface area contributed by atoms with E-state index in [4.69, 9.17) is 23.2 Å². The van der Waals surface area contributed by atoms with Gasteiger partial charge >= 0.3 is 0 Å². The number of rotatable bonds is 11. The van der Waals surface area contributed by atoms with E-state index in [1.54, 1.807) is 0 Å². The van der Waals surface area contributed by atoms with Gasteiger partial charge in [0, 0.05) is 5.56 Å². The van der Waals surface area contributed by atoms with Crippen LogP contribution in [0.3, 0.4) is 0 Å². The van der Waals surface area contributed by atoms with E-state index in [-0.39, 0.29) is 5.78 Å². The first-order valence-electron chi connectivity index (χ1n) is 9.02. The number of alkyl halides is 2. The highest BCUT2D eigenvalue weighted by Crippen LogP contribution is 2.27. The second-order valence-electron chi connectivity index (χ2n) is 6.20. The van der Waals surface area contributed by atoms with Crippen LogP contribution in [-0.4, -0.2) is 10.6 Å². The van der Waals surface area contributed by atoms with Crippen LogP contribution >= 0.6 is 23.2 Å². The smallest absolute Gasteiger partial charge is 0.195 e. The second-order valence-corrected chi connectivity index (χ2v) is 7.30. The lowest BCUT2D eigenvalue weighted by Crippen LogP contribution is -2.14. The number of halogens is 2. The largest absolute Gasteiger partial charge is 0.291 e. The van der Waals surface area contributed by atoms with E-state index in [9.17, 15) is 4.79 Å². The predicted octanol–water partition coefficient (Wildman–Crippen LogP) is 6.70. The van der Waals surface area contributed by atoms with Crippen LogP contribution in [-0.2, 0) is 19.3 Å². The Morgan fingerprint density at radius 1 is 0.870 bits per heavy atom. The predicted molar refractivity (Wildman–Crippen MR) is 102 cm³/mol. The van der Waals surface area contributed by atoms with Gasteiger partial charge in [-0.3, -0.25) is 4.79 Å². The van der Waals surface area contributed by atoms with Crippen LogP contribution in [0.15, 0.2) is 12.1 Å². The standard InChI is InChI=1S/C20H30Cl2O/c1-4-7-10-15-13-14-18(19(23)20(21)22)17(12-9-6-3)16(15)11-8-5-2/h13-14,20H,4-12H2,1-3H3. The molecule has 0 fully saturated rings. The highest BCUT2D eigenvalue weighted by atomic mass is 35.5. The van der Waals surface area contributed by atoms with Gasteiger partial charge < -0.3 is 0 Å². The van der Waals surface area contributed by atoms with Crippen molar-refractivity contribution < 1.29 is 4.79 Å². The third-order valence-electron chi connectivity index (χ3n) is 4.35.